The number of hydrogen-bond acceptors (Lipinski definition) is 4. The summed E-state index contributed by atoms with van der Waals surface area (Å²) in [5, 5.41) is 2.76. The van der Waals surface area contributed by atoms with Gasteiger partial charge in [0, 0.05) is 29.7 Å². The zero-order valence-electron chi connectivity index (χ0n) is 16.2. The summed E-state index contributed by atoms with van der Waals surface area (Å²) in [6.45, 7) is 7.39. The second-order valence-electron chi connectivity index (χ2n) is 6.59. The van der Waals surface area contributed by atoms with Gasteiger partial charge in [0.25, 0.3) is 11.5 Å². The molecule has 2 aromatic rings. The molecule has 1 atom stereocenters. The van der Waals surface area contributed by atoms with Crippen molar-refractivity contribution in [2.45, 2.75) is 40.3 Å². The molecule has 0 aliphatic carbocycles. The Bertz CT molecular complexity index is 923. The van der Waals surface area contributed by atoms with Crippen molar-refractivity contribution in [2.75, 3.05) is 0 Å². The number of aromatic nitrogens is 1. The molecule has 0 saturated heterocycles. The second kappa shape index (κ2) is 8.98. The Balaban J connectivity index is 2.11. The fourth-order valence-electron chi connectivity index (χ4n) is 2.71. The zero-order valence-corrected chi connectivity index (χ0v) is 16.2. The molecule has 1 aromatic carbocycles. The molecule has 1 heterocycles. The van der Waals surface area contributed by atoms with Crippen molar-refractivity contribution in [3.05, 3.63) is 80.4 Å². The molecule has 1 aromatic heterocycles. The van der Waals surface area contributed by atoms with Gasteiger partial charge in [0.15, 0.2) is 0 Å². The molecular weight excluding hydrogens is 340 g/mol. The SMILES string of the molecule is CC(N)=C(C=NC(C)c1ccccc1)C(=O)NCc1c(C)cc(C)[nH]c1=O. The molecule has 1 unspecified atom stereocenters. The van der Waals surface area contributed by atoms with Gasteiger partial charge in [-0.3, -0.25) is 14.6 Å². The first-order valence-corrected chi connectivity index (χ1v) is 8.81. The van der Waals surface area contributed by atoms with Crippen molar-refractivity contribution >= 4 is 12.1 Å². The summed E-state index contributed by atoms with van der Waals surface area (Å²) in [4.78, 5) is 31.8. The first-order chi connectivity index (χ1) is 12.8. The van der Waals surface area contributed by atoms with E-state index in [1.807, 2.05) is 57.2 Å². The minimum absolute atomic E-state index is 0.101. The topological polar surface area (TPSA) is 100 Å². The number of rotatable bonds is 6. The van der Waals surface area contributed by atoms with Crippen LogP contribution in [0, 0.1) is 13.8 Å². The van der Waals surface area contributed by atoms with Gasteiger partial charge in [0.1, 0.15) is 0 Å². The van der Waals surface area contributed by atoms with E-state index < -0.39 is 0 Å². The maximum atomic E-state index is 12.5. The molecular formula is C21H26N4O2. The van der Waals surface area contributed by atoms with Crippen molar-refractivity contribution in [1.82, 2.24) is 10.3 Å². The van der Waals surface area contributed by atoms with Crippen LogP contribution in [0.4, 0.5) is 0 Å². The van der Waals surface area contributed by atoms with Crippen LogP contribution in [0.3, 0.4) is 0 Å². The monoisotopic (exact) mass is 366 g/mol. The average Bonchev–Trinajstić information content (AvgIpc) is 2.61. The number of nitrogens with zero attached hydrogens (tertiary/aromatic N) is 1. The smallest absolute Gasteiger partial charge is 0.254 e. The molecule has 0 radical (unpaired) electrons. The third-order valence-electron chi connectivity index (χ3n) is 4.30. The van der Waals surface area contributed by atoms with Gasteiger partial charge in [-0.15, -0.1) is 0 Å². The maximum absolute atomic E-state index is 12.5. The fourth-order valence-corrected chi connectivity index (χ4v) is 2.71. The van der Waals surface area contributed by atoms with E-state index in [1.54, 1.807) is 6.92 Å². The Morgan fingerprint density at radius 1 is 1.30 bits per heavy atom. The van der Waals surface area contributed by atoms with Crippen LogP contribution >= 0.6 is 0 Å². The molecule has 2 rings (SSSR count). The van der Waals surface area contributed by atoms with Crippen LogP contribution < -0.4 is 16.6 Å². The van der Waals surface area contributed by atoms with Crippen LogP contribution in [0.25, 0.3) is 0 Å². The van der Waals surface area contributed by atoms with Gasteiger partial charge in [-0.2, -0.15) is 0 Å². The van der Waals surface area contributed by atoms with Crippen LogP contribution in [0.5, 0.6) is 0 Å². The van der Waals surface area contributed by atoms with Crippen molar-refractivity contribution < 1.29 is 4.79 Å². The van der Waals surface area contributed by atoms with Crippen molar-refractivity contribution in [2.24, 2.45) is 10.7 Å². The lowest BCUT2D eigenvalue weighted by atomic mass is 10.1. The summed E-state index contributed by atoms with van der Waals surface area (Å²) in [5.41, 5.74) is 9.52. The van der Waals surface area contributed by atoms with E-state index in [-0.39, 0.29) is 24.1 Å². The first kappa shape index (κ1) is 20.2. The average molecular weight is 366 g/mol. The maximum Gasteiger partial charge on any atom is 0.254 e. The summed E-state index contributed by atoms with van der Waals surface area (Å²) < 4.78 is 0. The molecule has 0 fully saturated rings. The lowest BCUT2D eigenvalue weighted by Crippen LogP contribution is -2.30. The third-order valence-corrected chi connectivity index (χ3v) is 4.30. The van der Waals surface area contributed by atoms with Gasteiger partial charge < -0.3 is 16.0 Å². The molecule has 0 aliphatic heterocycles. The Labute approximate surface area is 159 Å². The predicted molar refractivity (Wildman–Crippen MR) is 109 cm³/mol. The molecule has 0 saturated carbocycles. The predicted octanol–water partition coefficient (Wildman–Crippen LogP) is 2.67. The Kier molecular flexibility index (Phi) is 6.71. The van der Waals surface area contributed by atoms with Gasteiger partial charge in [-0.1, -0.05) is 30.3 Å². The van der Waals surface area contributed by atoms with Crippen LogP contribution in [-0.4, -0.2) is 17.1 Å². The summed E-state index contributed by atoms with van der Waals surface area (Å²) >= 11 is 0. The zero-order chi connectivity index (χ0) is 20.0. The number of benzene rings is 1. The highest BCUT2D eigenvalue weighted by molar-refractivity contribution is 6.12. The molecule has 0 bridgehead atoms. The number of aliphatic imine (C=N–C) groups is 1. The number of allylic oxidation sites excluding steroid dienone is 1. The van der Waals surface area contributed by atoms with Crippen LogP contribution in [-0.2, 0) is 11.3 Å². The van der Waals surface area contributed by atoms with Crippen molar-refractivity contribution in [3.63, 3.8) is 0 Å². The molecule has 0 aliphatic rings. The standard InChI is InChI=1S/C21H26N4O2/c1-13-10-14(2)25-21(27)18(13)11-24-20(26)19(15(3)22)12-23-16(4)17-8-6-5-7-9-17/h5-10,12,16H,11,22H2,1-4H3,(H,24,26)(H,25,27). The first-order valence-electron chi connectivity index (χ1n) is 8.81. The normalized spacial score (nSPS) is 13.3. The van der Waals surface area contributed by atoms with E-state index >= 15 is 0 Å². The van der Waals surface area contributed by atoms with Crippen LogP contribution in [0.2, 0.25) is 0 Å². The highest BCUT2D eigenvalue weighted by Gasteiger charge is 2.13. The van der Waals surface area contributed by atoms with E-state index in [9.17, 15) is 9.59 Å². The quantitative estimate of drug-likeness (QED) is 0.541. The van der Waals surface area contributed by atoms with Gasteiger partial charge >= 0.3 is 0 Å². The van der Waals surface area contributed by atoms with E-state index in [1.165, 1.54) is 6.21 Å². The van der Waals surface area contributed by atoms with Crippen LogP contribution in [0.1, 0.15) is 42.3 Å². The van der Waals surface area contributed by atoms with Crippen molar-refractivity contribution in [1.29, 1.82) is 0 Å². The molecule has 4 N–H and O–H groups in total. The number of amides is 1. The van der Waals surface area contributed by atoms with E-state index in [4.69, 9.17) is 5.73 Å². The molecule has 1 amide bonds. The minimum atomic E-state index is -0.363. The Morgan fingerprint density at radius 3 is 2.56 bits per heavy atom. The third kappa shape index (κ3) is 5.41. The Morgan fingerprint density at radius 2 is 1.96 bits per heavy atom. The van der Waals surface area contributed by atoms with E-state index in [0.717, 1.165) is 16.8 Å². The van der Waals surface area contributed by atoms with Gasteiger partial charge in [-0.05, 0) is 44.9 Å². The highest BCUT2D eigenvalue weighted by Crippen LogP contribution is 2.15. The lowest BCUT2D eigenvalue weighted by Gasteiger charge is -2.10. The summed E-state index contributed by atoms with van der Waals surface area (Å²) in [6, 6.07) is 11.6. The number of aryl methyl sites for hydroxylation is 2. The number of carbonyl (C=O) groups is 1. The summed E-state index contributed by atoms with van der Waals surface area (Å²) in [5.74, 6) is -0.363. The summed E-state index contributed by atoms with van der Waals surface area (Å²) in [7, 11) is 0. The number of nitrogens with two attached hydrogens (primary N) is 1. The molecule has 27 heavy (non-hydrogen) atoms. The number of aromatic amines is 1. The highest BCUT2D eigenvalue weighted by atomic mass is 16.2. The van der Waals surface area contributed by atoms with Gasteiger partial charge in [-0.25, -0.2) is 0 Å². The van der Waals surface area contributed by atoms with Gasteiger partial charge in [0.05, 0.1) is 11.6 Å². The fraction of sp³-hybridized carbons (Fsp3) is 0.286. The number of hydrogen-bond donors (Lipinski definition) is 3. The molecule has 6 heteroatoms. The lowest BCUT2D eigenvalue weighted by molar-refractivity contribution is -0.117. The molecule has 0 spiro atoms. The number of H-pyrrole nitrogens is 1. The molecule has 142 valence electrons. The Hall–Kier alpha value is -3.15. The van der Waals surface area contributed by atoms with Crippen LogP contribution in [0.15, 0.2) is 57.5 Å². The largest absolute Gasteiger partial charge is 0.402 e. The van der Waals surface area contributed by atoms with E-state index in [0.29, 0.717) is 16.8 Å². The number of nitrogens with one attached hydrogen (secondary N) is 2. The minimum Gasteiger partial charge on any atom is -0.402 e. The molecule has 6 nitrogen and oxygen atoms in total. The van der Waals surface area contributed by atoms with E-state index in [2.05, 4.69) is 15.3 Å². The second-order valence-corrected chi connectivity index (χ2v) is 6.59. The number of pyridine rings is 1. The van der Waals surface area contributed by atoms with Gasteiger partial charge in [0.2, 0.25) is 0 Å². The van der Waals surface area contributed by atoms with Crippen molar-refractivity contribution in [3.8, 4) is 0 Å². The summed E-state index contributed by atoms with van der Waals surface area (Å²) in [6.07, 6.45) is 1.49. The number of carbonyl (C=O) groups excluding carboxylic acids is 1.